The molecule has 0 aliphatic carbocycles. The molecule has 0 atom stereocenters. The van der Waals surface area contributed by atoms with E-state index >= 15 is 0 Å². The van der Waals surface area contributed by atoms with Gasteiger partial charge in [0.1, 0.15) is 5.76 Å². The predicted molar refractivity (Wildman–Crippen MR) is 123 cm³/mol. The van der Waals surface area contributed by atoms with Crippen LogP contribution in [0.1, 0.15) is 38.6 Å². The van der Waals surface area contributed by atoms with Gasteiger partial charge in [-0.1, -0.05) is 17.7 Å². The molecule has 0 saturated carbocycles. The Hall–Kier alpha value is -4.14. The van der Waals surface area contributed by atoms with Gasteiger partial charge in [-0.15, -0.1) is 10.2 Å². The molecule has 9 heteroatoms. The van der Waals surface area contributed by atoms with Gasteiger partial charge in [0.15, 0.2) is 17.3 Å². The van der Waals surface area contributed by atoms with Crippen LogP contribution in [0.15, 0.2) is 40.8 Å². The van der Waals surface area contributed by atoms with Crippen LogP contribution >= 0.6 is 0 Å². The summed E-state index contributed by atoms with van der Waals surface area (Å²) in [5, 5.41) is 16.9. The first-order valence-electron chi connectivity index (χ1n) is 10.4. The number of carbonyl (C=O) groups excluding carboxylic acids is 1. The fourth-order valence-electron chi connectivity index (χ4n) is 3.89. The third kappa shape index (κ3) is 4.57. The van der Waals surface area contributed by atoms with Crippen LogP contribution in [0.3, 0.4) is 0 Å². The molecule has 2 aromatic carbocycles. The highest BCUT2D eigenvalue weighted by atomic mass is 16.5. The summed E-state index contributed by atoms with van der Waals surface area (Å²) in [4.78, 5) is 13.0. The van der Waals surface area contributed by atoms with Gasteiger partial charge in [0, 0.05) is 12.5 Å². The van der Waals surface area contributed by atoms with Crippen molar-refractivity contribution in [2.45, 2.75) is 27.2 Å². The Kier molecular flexibility index (Phi) is 6.12. The van der Waals surface area contributed by atoms with E-state index in [2.05, 4.69) is 58.8 Å². The number of carbonyl (C=O) groups is 1. The van der Waals surface area contributed by atoms with Crippen molar-refractivity contribution in [1.82, 2.24) is 20.6 Å². The molecule has 9 nitrogen and oxygen atoms in total. The van der Waals surface area contributed by atoms with Crippen LogP contribution < -0.4 is 14.8 Å². The highest BCUT2D eigenvalue weighted by Gasteiger charge is 2.20. The molecule has 1 amide bonds. The average molecular weight is 447 g/mol. The van der Waals surface area contributed by atoms with Crippen molar-refractivity contribution in [2.24, 2.45) is 0 Å². The van der Waals surface area contributed by atoms with E-state index in [4.69, 9.17) is 13.9 Å². The number of amides is 1. The Morgan fingerprint density at radius 1 is 1.03 bits per heavy atom. The van der Waals surface area contributed by atoms with Gasteiger partial charge in [-0.05, 0) is 60.9 Å². The van der Waals surface area contributed by atoms with Crippen molar-refractivity contribution in [3.8, 4) is 22.9 Å². The van der Waals surface area contributed by atoms with Crippen LogP contribution in [-0.2, 0) is 6.42 Å². The Balaban J connectivity index is 1.60. The van der Waals surface area contributed by atoms with E-state index in [0.29, 0.717) is 40.8 Å². The molecular formula is C24H25N5O4. The van der Waals surface area contributed by atoms with Gasteiger partial charge in [-0.3, -0.25) is 4.79 Å². The van der Waals surface area contributed by atoms with Gasteiger partial charge >= 0.3 is 0 Å². The molecular weight excluding hydrogens is 422 g/mol. The lowest BCUT2D eigenvalue weighted by Crippen LogP contribution is -2.12. The van der Waals surface area contributed by atoms with Crippen LogP contribution in [0.5, 0.6) is 11.5 Å². The molecule has 4 rings (SSSR count). The number of hydrogen-bond acceptors (Lipinski definition) is 7. The largest absolute Gasteiger partial charge is 0.493 e. The summed E-state index contributed by atoms with van der Waals surface area (Å²) in [6.07, 6.45) is 0.607. The molecule has 4 aromatic rings. The molecule has 2 aromatic heterocycles. The monoisotopic (exact) mass is 447 g/mol. The zero-order valence-electron chi connectivity index (χ0n) is 19.1. The normalized spacial score (nSPS) is 10.8. The number of nitrogens with one attached hydrogen (secondary N) is 2. The van der Waals surface area contributed by atoms with Gasteiger partial charge in [0.05, 0.1) is 25.5 Å². The lowest BCUT2D eigenvalue weighted by molar-refractivity contribution is 0.0995. The van der Waals surface area contributed by atoms with Crippen molar-refractivity contribution >= 4 is 11.6 Å². The predicted octanol–water partition coefficient (Wildman–Crippen LogP) is 4.25. The third-order valence-electron chi connectivity index (χ3n) is 5.43. The number of aromatic amines is 1. The summed E-state index contributed by atoms with van der Waals surface area (Å²) < 4.78 is 16.6. The van der Waals surface area contributed by atoms with Crippen molar-refractivity contribution < 1.29 is 18.7 Å². The molecule has 2 heterocycles. The quantitative estimate of drug-likeness (QED) is 0.435. The summed E-state index contributed by atoms with van der Waals surface area (Å²) in [6.45, 7) is 6.25. The van der Waals surface area contributed by atoms with Crippen molar-refractivity contribution in [3.63, 3.8) is 0 Å². The maximum absolute atomic E-state index is 13.0. The highest BCUT2D eigenvalue weighted by Crippen LogP contribution is 2.37. The average Bonchev–Trinajstić information content (AvgIpc) is 3.48. The summed E-state index contributed by atoms with van der Waals surface area (Å²) in [7, 11) is 3.04. The number of H-pyrrole nitrogens is 1. The number of tetrazole rings is 1. The topological polar surface area (TPSA) is 115 Å². The third-order valence-corrected chi connectivity index (χ3v) is 5.43. The Bertz CT molecular complexity index is 1270. The molecule has 0 aliphatic rings. The number of nitrogens with zero attached hydrogens (tertiary/aromatic N) is 3. The van der Waals surface area contributed by atoms with E-state index in [0.717, 1.165) is 0 Å². The molecule has 0 radical (unpaired) electrons. The first kappa shape index (κ1) is 22.1. The number of rotatable bonds is 7. The zero-order chi connectivity index (χ0) is 23.5. The number of furan rings is 1. The lowest BCUT2D eigenvalue weighted by Gasteiger charge is -2.13. The first-order valence-corrected chi connectivity index (χ1v) is 10.4. The van der Waals surface area contributed by atoms with Crippen molar-refractivity contribution in [3.05, 3.63) is 70.2 Å². The second kappa shape index (κ2) is 9.15. The summed E-state index contributed by atoms with van der Waals surface area (Å²) in [6, 6.07) is 11.1. The molecule has 0 saturated heterocycles. The molecule has 0 bridgehead atoms. The minimum absolute atomic E-state index is 0.196. The number of aromatic nitrogens is 4. The molecule has 0 aliphatic heterocycles. The summed E-state index contributed by atoms with van der Waals surface area (Å²) in [5.41, 5.74) is 5.77. The van der Waals surface area contributed by atoms with Gasteiger partial charge in [0.25, 0.3) is 5.91 Å². The number of hydrogen-bond donors (Lipinski definition) is 2. The molecule has 0 unspecified atom stereocenters. The van der Waals surface area contributed by atoms with E-state index in [1.54, 1.807) is 18.2 Å². The summed E-state index contributed by atoms with van der Waals surface area (Å²) >= 11 is 0. The molecule has 0 spiro atoms. The SMILES string of the molecule is COc1cc(NC(=O)c2ccc(Cc3c(C)cc(C)cc3C)o2)c(-c2nn[nH]n2)cc1OC. The number of ether oxygens (including phenoxy) is 2. The van der Waals surface area contributed by atoms with E-state index in [1.807, 2.05) is 6.07 Å². The molecule has 33 heavy (non-hydrogen) atoms. The van der Waals surface area contributed by atoms with Crippen LogP contribution in [0, 0.1) is 20.8 Å². The van der Waals surface area contributed by atoms with E-state index in [-0.39, 0.29) is 5.76 Å². The van der Waals surface area contributed by atoms with Crippen LogP contribution in [0.2, 0.25) is 0 Å². The van der Waals surface area contributed by atoms with Crippen LogP contribution in [-0.4, -0.2) is 40.8 Å². The zero-order valence-corrected chi connectivity index (χ0v) is 19.1. The maximum atomic E-state index is 13.0. The first-order chi connectivity index (χ1) is 15.9. The standard InChI is InChI=1S/C24H25N5O4/c1-13-8-14(2)17(15(3)9-13)10-16-6-7-20(33-16)24(30)25-19-12-22(32-5)21(31-4)11-18(19)23-26-28-29-27-23/h6-9,11-12H,10H2,1-5H3,(H,25,30)(H,26,27,28,29). The highest BCUT2D eigenvalue weighted by molar-refractivity contribution is 6.04. The van der Waals surface area contributed by atoms with Crippen LogP contribution in [0.4, 0.5) is 5.69 Å². The minimum atomic E-state index is -0.407. The second-order valence-electron chi connectivity index (χ2n) is 7.76. The van der Waals surface area contributed by atoms with Gasteiger partial charge in [0.2, 0.25) is 5.82 Å². The van der Waals surface area contributed by atoms with Crippen molar-refractivity contribution in [2.75, 3.05) is 19.5 Å². The Morgan fingerprint density at radius 2 is 1.73 bits per heavy atom. The summed E-state index contributed by atoms with van der Waals surface area (Å²) in [5.74, 6) is 1.72. The van der Waals surface area contributed by atoms with Gasteiger partial charge in [-0.25, -0.2) is 0 Å². The Morgan fingerprint density at radius 3 is 2.36 bits per heavy atom. The number of aryl methyl sites for hydroxylation is 3. The van der Waals surface area contributed by atoms with Gasteiger partial charge in [-0.2, -0.15) is 5.21 Å². The van der Waals surface area contributed by atoms with Crippen molar-refractivity contribution in [1.29, 1.82) is 0 Å². The minimum Gasteiger partial charge on any atom is -0.493 e. The number of anilines is 1. The molecule has 170 valence electrons. The lowest BCUT2D eigenvalue weighted by atomic mass is 9.97. The van der Waals surface area contributed by atoms with E-state index < -0.39 is 5.91 Å². The van der Waals surface area contributed by atoms with E-state index in [9.17, 15) is 4.79 Å². The number of methoxy groups -OCH3 is 2. The maximum Gasteiger partial charge on any atom is 0.291 e. The Labute approximate surface area is 191 Å². The fourth-order valence-corrected chi connectivity index (χ4v) is 3.89. The second-order valence-corrected chi connectivity index (χ2v) is 7.76. The van der Waals surface area contributed by atoms with E-state index in [1.165, 1.54) is 36.5 Å². The number of benzene rings is 2. The van der Waals surface area contributed by atoms with Crippen LogP contribution in [0.25, 0.3) is 11.4 Å². The van der Waals surface area contributed by atoms with Gasteiger partial charge < -0.3 is 19.2 Å². The molecule has 0 fully saturated rings. The molecule has 2 N–H and O–H groups in total. The fraction of sp³-hybridized carbons (Fsp3) is 0.250. The smallest absolute Gasteiger partial charge is 0.291 e.